The minimum atomic E-state index is 1.15. The number of aromatic nitrogens is 2. The van der Waals surface area contributed by atoms with Crippen LogP contribution in [0.15, 0.2) is 188 Å². The van der Waals surface area contributed by atoms with Crippen LogP contribution in [0.2, 0.25) is 0 Å². The summed E-state index contributed by atoms with van der Waals surface area (Å²) in [5, 5.41) is 7.75. The maximum atomic E-state index is 2.58. The van der Waals surface area contributed by atoms with Crippen LogP contribution >= 0.6 is 0 Å². The molecule has 0 saturated heterocycles. The highest BCUT2D eigenvalue weighted by molar-refractivity contribution is 6.69. The second kappa shape index (κ2) is 15.8. The Morgan fingerprint density at radius 3 is 1.40 bits per heavy atom. The molecule has 12 aromatic rings. The molecule has 0 aliphatic heterocycles. The van der Waals surface area contributed by atoms with Crippen LogP contribution in [0, 0.1) is 0 Å². The summed E-state index contributed by atoms with van der Waals surface area (Å²) in [4.78, 5) is 0. The fraction of sp³-hybridized carbons (Fsp3) is 0. The number of fused-ring (bicyclic) bond motifs is 7. The van der Waals surface area contributed by atoms with Crippen molar-refractivity contribution in [3.8, 4) is 55.9 Å². The van der Waals surface area contributed by atoms with Gasteiger partial charge in [-0.1, -0.05) is 172 Å². The number of rotatable bonds is 6. The van der Waals surface area contributed by atoms with Crippen LogP contribution < -0.4 is 38.2 Å². The van der Waals surface area contributed by atoms with Crippen LogP contribution in [0.25, 0.3) is 110 Å². The summed E-state index contributed by atoms with van der Waals surface area (Å²) >= 11 is 0. The van der Waals surface area contributed by atoms with Gasteiger partial charge < -0.3 is 9.13 Å². The van der Waals surface area contributed by atoms with Gasteiger partial charge in [0.25, 0.3) is 0 Å². The van der Waals surface area contributed by atoms with Gasteiger partial charge in [-0.3, -0.25) is 0 Å². The third-order valence-corrected chi connectivity index (χ3v) is 15.3. The lowest BCUT2D eigenvalue weighted by molar-refractivity contribution is 1.18. The molecule has 0 spiro atoms. The number of benzene rings is 10. The fourth-order valence-electron chi connectivity index (χ4n) is 11.4. The van der Waals surface area contributed by atoms with Crippen molar-refractivity contribution in [1.82, 2.24) is 9.13 Å². The Morgan fingerprint density at radius 1 is 0.284 bits per heavy atom. The van der Waals surface area contributed by atoms with Gasteiger partial charge in [0.2, 0.25) is 0 Å². The molecule has 0 saturated carbocycles. The predicted octanol–water partition coefficient (Wildman–Crippen LogP) is 3.51. The number of hydrogen-bond acceptors (Lipinski definition) is 0. The van der Waals surface area contributed by atoms with Crippen LogP contribution in [0.3, 0.4) is 0 Å². The third-order valence-electron chi connectivity index (χ3n) is 15.3. The van der Waals surface area contributed by atoms with Gasteiger partial charge in [-0.05, 0) is 109 Å². The molecule has 0 atom stereocenters. The van der Waals surface area contributed by atoms with E-state index in [4.69, 9.17) is 0 Å². The summed E-state index contributed by atoms with van der Waals surface area (Å²) in [5.41, 5.74) is 26.6. The molecule has 9 heteroatoms. The molecule has 0 fully saturated rings. The zero-order valence-electron chi connectivity index (χ0n) is 39.3. The van der Waals surface area contributed by atoms with E-state index in [2.05, 4.69) is 252 Å². The smallest absolute Gasteiger partial charge is 0.141 e. The van der Waals surface area contributed by atoms with E-state index < -0.39 is 0 Å². The van der Waals surface area contributed by atoms with E-state index >= 15 is 0 Å². The van der Waals surface area contributed by atoms with E-state index in [-0.39, 0.29) is 0 Å². The van der Waals surface area contributed by atoms with Gasteiger partial charge >= 0.3 is 0 Å². The van der Waals surface area contributed by atoms with E-state index in [1.54, 1.807) is 0 Å². The van der Waals surface area contributed by atoms with Crippen LogP contribution in [-0.2, 0) is 0 Å². The summed E-state index contributed by atoms with van der Waals surface area (Å²) in [6.07, 6.45) is 0. The molecule has 67 heavy (non-hydrogen) atoms. The standard InChI is InChI=1S/C58H45B7N2/c59-50-47(38-23-29-46-44(31-38)43-30-37(33-12-5-2-6-13-33)22-28-45(43)66(46)39-24-18-34(19-25-39)32-10-3-1-4-11-32)51(60)55(64)57-48(50)49-52(61)53(62)54(63)56(65)58(49)67(57)40-26-20-36(21-27-40)42-17-9-15-35-14-7-8-16-41(35)42/h1-31H,59-65H2. The van der Waals surface area contributed by atoms with Gasteiger partial charge in [-0.15, -0.1) is 5.46 Å². The molecular weight excluding hydrogens is 800 g/mol. The van der Waals surface area contributed by atoms with Gasteiger partial charge in [-0.2, -0.15) is 0 Å². The van der Waals surface area contributed by atoms with Gasteiger partial charge in [0.1, 0.15) is 54.9 Å². The topological polar surface area (TPSA) is 9.86 Å². The molecule has 0 aliphatic carbocycles. The first-order valence-electron chi connectivity index (χ1n) is 23.6. The normalized spacial score (nSPS) is 11.7. The molecule has 0 aliphatic rings. The van der Waals surface area contributed by atoms with Crippen molar-refractivity contribution in [3.63, 3.8) is 0 Å². The van der Waals surface area contributed by atoms with Crippen LogP contribution in [0.5, 0.6) is 0 Å². The fourth-order valence-corrected chi connectivity index (χ4v) is 11.4. The Kier molecular flexibility index (Phi) is 9.69. The summed E-state index contributed by atoms with van der Waals surface area (Å²) in [6, 6.07) is 69.3. The maximum Gasteiger partial charge on any atom is 0.141 e. The van der Waals surface area contributed by atoms with Gasteiger partial charge in [0.15, 0.2) is 0 Å². The second-order valence-corrected chi connectivity index (χ2v) is 18.7. The number of hydrogen-bond donors (Lipinski definition) is 0. The van der Waals surface area contributed by atoms with E-state index in [1.807, 2.05) is 0 Å². The Labute approximate surface area is 398 Å². The van der Waals surface area contributed by atoms with Crippen molar-refractivity contribution in [2.75, 3.05) is 0 Å². The summed E-state index contributed by atoms with van der Waals surface area (Å²) in [5.74, 6) is 0. The van der Waals surface area contributed by atoms with Gasteiger partial charge in [0.05, 0.1) is 11.0 Å². The van der Waals surface area contributed by atoms with Gasteiger partial charge in [0, 0.05) is 38.6 Å². The molecule has 0 N–H and O–H groups in total. The molecule has 0 amide bonds. The lowest BCUT2D eigenvalue weighted by Gasteiger charge is -2.19. The highest BCUT2D eigenvalue weighted by Crippen LogP contribution is 2.39. The molecule has 308 valence electrons. The highest BCUT2D eigenvalue weighted by Gasteiger charge is 2.25. The zero-order chi connectivity index (χ0) is 45.7. The quantitative estimate of drug-likeness (QED) is 0.227. The average molecular weight is 846 g/mol. The molecule has 12 rings (SSSR count). The average Bonchev–Trinajstić information content (AvgIpc) is 3.91. The predicted molar refractivity (Wildman–Crippen MR) is 312 cm³/mol. The van der Waals surface area contributed by atoms with Crippen molar-refractivity contribution >= 4 is 148 Å². The van der Waals surface area contributed by atoms with E-state index in [1.165, 1.54) is 143 Å². The van der Waals surface area contributed by atoms with E-state index in [9.17, 15) is 0 Å². The van der Waals surface area contributed by atoms with Crippen molar-refractivity contribution in [2.24, 2.45) is 0 Å². The Balaban J connectivity index is 1.08. The second-order valence-electron chi connectivity index (χ2n) is 18.7. The largest absolute Gasteiger partial charge is 0.310 e. The molecule has 0 bridgehead atoms. The van der Waals surface area contributed by atoms with Gasteiger partial charge in [-0.25, -0.2) is 0 Å². The molecule has 0 radical (unpaired) electrons. The summed E-state index contributed by atoms with van der Waals surface area (Å²) in [6.45, 7) is 0. The lowest BCUT2D eigenvalue weighted by Crippen LogP contribution is -2.48. The summed E-state index contributed by atoms with van der Waals surface area (Å²) in [7, 11) is 16.3. The third kappa shape index (κ3) is 6.35. The minimum Gasteiger partial charge on any atom is -0.310 e. The highest BCUT2D eigenvalue weighted by atomic mass is 15.0. The first-order valence-corrected chi connectivity index (χ1v) is 23.6. The van der Waals surface area contributed by atoms with Crippen molar-refractivity contribution < 1.29 is 0 Å². The molecule has 0 unspecified atom stereocenters. The number of nitrogens with zero attached hydrogens (tertiary/aromatic N) is 2. The van der Waals surface area contributed by atoms with Crippen LogP contribution in [0.4, 0.5) is 0 Å². The molecular formula is C58H45B7N2. The first kappa shape index (κ1) is 41.0. The summed E-state index contributed by atoms with van der Waals surface area (Å²) < 4.78 is 5.03. The maximum absolute atomic E-state index is 2.58. The Bertz CT molecular complexity index is 3960. The SMILES string of the molecule is Bc1c(B)c(B)c2c(c1B)c1c(B)c(-c3ccc4c(c3)c3cc(-c5ccccc5)ccc3n4-c3ccc(-c4ccccc4)cc3)c(B)c(B)c1n2-c1ccc(-c2cccc3ccccc23)cc1. The molecule has 2 nitrogen and oxygen atoms in total. The Hall–Kier alpha value is -7.49. The molecule has 10 aromatic carbocycles. The van der Waals surface area contributed by atoms with E-state index in [0.29, 0.717) is 0 Å². The van der Waals surface area contributed by atoms with E-state index in [0.717, 1.165) is 5.69 Å². The molecule has 2 aromatic heterocycles. The van der Waals surface area contributed by atoms with Crippen molar-refractivity contribution in [3.05, 3.63) is 188 Å². The van der Waals surface area contributed by atoms with Crippen LogP contribution in [-0.4, -0.2) is 64.1 Å². The minimum absolute atomic E-state index is 1.15. The van der Waals surface area contributed by atoms with Crippen molar-refractivity contribution in [2.45, 2.75) is 0 Å². The zero-order valence-corrected chi connectivity index (χ0v) is 39.3. The first-order chi connectivity index (χ1) is 32.7. The monoisotopic (exact) mass is 846 g/mol. The molecule has 2 heterocycles. The van der Waals surface area contributed by atoms with Crippen molar-refractivity contribution in [1.29, 1.82) is 0 Å². The lowest BCUT2D eigenvalue weighted by atomic mass is 9.64. The Morgan fingerprint density at radius 2 is 0.746 bits per heavy atom. The van der Waals surface area contributed by atoms with Crippen LogP contribution in [0.1, 0.15) is 0 Å².